The van der Waals surface area contributed by atoms with E-state index < -0.39 is 23.9 Å². The molecule has 9 heteroatoms. The van der Waals surface area contributed by atoms with E-state index in [2.05, 4.69) is 10.3 Å². The lowest BCUT2D eigenvalue weighted by Crippen LogP contribution is -2.35. The lowest BCUT2D eigenvalue weighted by Gasteiger charge is -2.23. The zero-order valence-electron chi connectivity index (χ0n) is 14.9. The van der Waals surface area contributed by atoms with Crippen molar-refractivity contribution in [3.63, 3.8) is 0 Å². The average molecular weight is 406 g/mol. The Hall–Kier alpha value is -2.65. The second-order valence-corrected chi connectivity index (χ2v) is 7.52. The number of nitrogens with zero attached hydrogens (tertiary/aromatic N) is 1. The molecule has 1 atom stereocenters. The summed E-state index contributed by atoms with van der Waals surface area (Å²) in [7, 11) is 4.09. The van der Waals surface area contributed by atoms with Gasteiger partial charge in [0, 0.05) is 4.88 Å². The minimum absolute atomic E-state index is 0.578. The third-order valence-electron chi connectivity index (χ3n) is 3.97. The summed E-state index contributed by atoms with van der Waals surface area (Å²) in [5, 5.41) is 5.67. The van der Waals surface area contributed by atoms with Crippen molar-refractivity contribution in [2.24, 2.45) is 5.92 Å². The van der Waals surface area contributed by atoms with E-state index in [1.165, 1.54) is 36.9 Å². The summed E-state index contributed by atoms with van der Waals surface area (Å²) in [6, 6.07) is 8.60. The van der Waals surface area contributed by atoms with Gasteiger partial charge in [-0.05, 0) is 29.6 Å². The van der Waals surface area contributed by atoms with Gasteiger partial charge in [0.25, 0.3) is 0 Å². The molecule has 0 aliphatic rings. The fourth-order valence-corrected chi connectivity index (χ4v) is 4.38. The first-order chi connectivity index (χ1) is 13.1. The largest absolute Gasteiger partial charge is 0.497 e. The van der Waals surface area contributed by atoms with Crippen molar-refractivity contribution in [3.05, 3.63) is 40.6 Å². The van der Waals surface area contributed by atoms with Crippen LogP contribution in [0.1, 0.15) is 10.9 Å². The number of thiophene rings is 1. The summed E-state index contributed by atoms with van der Waals surface area (Å²) in [5.41, 5.74) is 0.793. The van der Waals surface area contributed by atoms with Crippen LogP contribution >= 0.6 is 22.7 Å². The highest BCUT2D eigenvalue weighted by atomic mass is 32.1. The van der Waals surface area contributed by atoms with Gasteiger partial charge in [0.05, 0.1) is 37.6 Å². The van der Waals surface area contributed by atoms with Crippen molar-refractivity contribution in [2.45, 2.75) is 6.04 Å². The van der Waals surface area contributed by atoms with Gasteiger partial charge in [-0.3, -0.25) is 9.59 Å². The first-order valence-corrected chi connectivity index (χ1v) is 9.67. The number of benzene rings is 1. The van der Waals surface area contributed by atoms with Gasteiger partial charge < -0.3 is 19.5 Å². The second kappa shape index (κ2) is 8.36. The lowest BCUT2D eigenvalue weighted by molar-refractivity contribution is -0.159. The normalized spacial score (nSPS) is 12.0. The SMILES string of the molecule is COC(=O)C(C(=O)OC)C(Nc1nc2ccc(OC)cc2s1)c1cccs1. The van der Waals surface area contributed by atoms with Crippen molar-refractivity contribution in [1.82, 2.24) is 4.98 Å². The van der Waals surface area contributed by atoms with Gasteiger partial charge >= 0.3 is 11.9 Å². The molecule has 0 saturated carbocycles. The van der Waals surface area contributed by atoms with Crippen molar-refractivity contribution in [3.8, 4) is 5.75 Å². The van der Waals surface area contributed by atoms with Gasteiger partial charge in [-0.1, -0.05) is 17.4 Å². The van der Waals surface area contributed by atoms with Gasteiger partial charge in [0.15, 0.2) is 11.0 Å². The fourth-order valence-electron chi connectivity index (χ4n) is 2.64. The summed E-state index contributed by atoms with van der Waals surface area (Å²) in [5.74, 6) is -1.76. The van der Waals surface area contributed by atoms with Crippen LogP contribution in [0.5, 0.6) is 5.75 Å². The number of esters is 2. The number of carbonyl (C=O) groups is 2. The highest BCUT2D eigenvalue weighted by Crippen LogP contribution is 2.35. The minimum atomic E-state index is -1.15. The standard InChI is InChI=1S/C18H18N2O5S2/c1-23-10-6-7-11-13(9-10)27-18(19-11)20-15(12-5-4-8-26-12)14(16(21)24-2)17(22)25-3/h4-9,14-15H,1-3H3,(H,19,20). The molecule has 1 unspecified atom stereocenters. The van der Waals surface area contributed by atoms with Crippen LogP contribution < -0.4 is 10.1 Å². The van der Waals surface area contributed by atoms with Crippen LogP contribution in [0.2, 0.25) is 0 Å². The number of fused-ring (bicyclic) bond motifs is 1. The van der Waals surface area contributed by atoms with Crippen LogP contribution in [0.4, 0.5) is 5.13 Å². The van der Waals surface area contributed by atoms with E-state index in [-0.39, 0.29) is 0 Å². The monoisotopic (exact) mass is 406 g/mol. The Morgan fingerprint density at radius 2 is 1.85 bits per heavy atom. The molecule has 0 fully saturated rings. The van der Waals surface area contributed by atoms with Gasteiger partial charge in [0.2, 0.25) is 0 Å². The third kappa shape index (κ3) is 4.04. The van der Waals surface area contributed by atoms with Crippen molar-refractivity contribution in [1.29, 1.82) is 0 Å². The Labute approximate surface area is 163 Å². The Morgan fingerprint density at radius 3 is 2.44 bits per heavy atom. The molecule has 0 radical (unpaired) electrons. The molecule has 27 heavy (non-hydrogen) atoms. The molecule has 0 bridgehead atoms. The molecule has 0 saturated heterocycles. The maximum absolute atomic E-state index is 12.3. The summed E-state index contributed by atoms with van der Waals surface area (Å²) in [6.07, 6.45) is 0. The smallest absolute Gasteiger partial charge is 0.322 e. The van der Waals surface area contributed by atoms with Crippen molar-refractivity contribution >= 4 is 50.0 Å². The molecule has 0 aliphatic carbocycles. The minimum Gasteiger partial charge on any atom is -0.497 e. The highest BCUT2D eigenvalue weighted by Gasteiger charge is 2.39. The highest BCUT2D eigenvalue weighted by molar-refractivity contribution is 7.22. The predicted octanol–water partition coefficient (Wildman–Crippen LogP) is 3.48. The maximum atomic E-state index is 12.3. The van der Waals surface area contributed by atoms with E-state index in [0.717, 1.165) is 20.8 Å². The quantitative estimate of drug-likeness (QED) is 0.475. The Morgan fingerprint density at radius 1 is 1.11 bits per heavy atom. The number of hydrogen-bond acceptors (Lipinski definition) is 9. The molecule has 7 nitrogen and oxygen atoms in total. The van der Waals surface area contributed by atoms with E-state index in [4.69, 9.17) is 14.2 Å². The Bertz CT molecular complexity index is 923. The zero-order valence-corrected chi connectivity index (χ0v) is 16.6. The Kier molecular flexibility index (Phi) is 5.92. The molecule has 0 amide bonds. The predicted molar refractivity (Wildman–Crippen MR) is 104 cm³/mol. The third-order valence-corrected chi connectivity index (χ3v) is 5.87. The van der Waals surface area contributed by atoms with E-state index in [1.54, 1.807) is 7.11 Å². The van der Waals surface area contributed by atoms with Crippen LogP contribution in [0.15, 0.2) is 35.7 Å². The fraction of sp³-hybridized carbons (Fsp3) is 0.278. The summed E-state index contributed by atoms with van der Waals surface area (Å²) >= 11 is 2.83. The number of methoxy groups -OCH3 is 3. The first kappa shape index (κ1) is 19.1. The van der Waals surface area contributed by atoms with Crippen molar-refractivity contribution < 1.29 is 23.8 Å². The topological polar surface area (TPSA) is 86.8 Å². The van der Waals surface area contributed by atoms with Gasteiger partial charge in [-0.15, -0.1) is 11.3 Å². The molecule has 0 aliphatic heterocycles. The zero-order chi connectivity index (χ0) is 19.4. The molecule has 2 heterocycles. The lowest BCUT2D eigenvalue weighted by atomic mass is 9.98. The van der Waals surface area contributed by atoms with E-state index >= 15 is 0 Å². The Balaban J connectivity index is 1.99. The molecular weight excluding hydrogens is 388 g/mol. The van der Waals surface area contributed by atoms with Crippen LogP contribution in [-0.4, -0.2) is 38.3 Å². The van der Waals surface area contributed by atoms with Gasteiger partial charge in [-0.2, -0.15) is 0 Å². The van der Waals surface area contributed by atoms with Crippen LogP contribution in [0, 0.1) is 5.92 Å². The molecule has 2 aromatic heterocycles. The van der Waals surface area contributed by atoms with Crippen molar-refractivity contribution in [2.75, 3.05) is 26.6 Å². The van der Waals surface area contributed by atoms with E-state index in [9.17, 15) is 9.59 Å². The number of anilines is 1. The van der Waals surface area contributed by atoms with Crippen LogP contribution in [-0.2, 0) is 19.1 Å². The number of hydrogen-bond donors (Lipinski definition) is 1. The second-order valence-electron chi connectivity index (χ2n) is 5.51. The summed E-state index contributed by atoms with van der Waals surface area (Å²) < 4.78 is 15.8. The molecule has 142 valence electrons. The number of carbonyl (C=O) groups excluding carboxylic acids is 2. The van der Waals surface area contributed by atoms with Gasteiger partial charge in [0.1, 0.15) is 5.75 Å². The van der Waals surface area contributed by atoms with Crippen LogP contribution in [0.25, 0.3) is 10.2 Å². The first-order valence-electron chi connectivity index (χ1n) is 7.97. The molecular formula is C18H18N2O5S2. The number of ether oxygens (including phenoxy) is 3. The molecule has 1 aromatic carbocycles. The number of aromatic nitrogens is 1. The number of rotatable bonds is 7. The number of nitrogens with one attached hydrogen (secondary N) is 1. The van der Waals surface area contributed by atoms with E-state index in [1.807, 2.05) is 35.7 Å². The summed E-state index contributed by atoms with van der Waals surface area (Å²) in [4.78, 5) is 29.9. The summed E-state index contributed by atoms with van der Waals surface area (Å²) in [6.45, 7) is 0. The molecule has 3 rings (SSSR count). The average Bonchev–Trinajstić information content (AvgIpc) is 3.35. The number of thiazole rings is 1. The van der Waals surface area contributed by atoms with E-state index in [0.29, 0.717) is 5.13 Å². The van der Waals surface area contributed by atoms with Gasteiger partial charge in [-0.25, -0.2) is 4.98 Å². The molecule has 1 N–H and O–H groups in total. The molecule has 3 aromatic rings. The maximum Gasteiger partial charge on any atom is 0.322 e. The van der Waals surface area contributed by atoms with Crippen LogP contribution in [0.3, 0.4) is 0 Å². The molecule has 0 spiro atoms.